The molecule has 0 fully saturated rings. The number of aryl methyl sites for hydroxylation is 1. The zero-order valence-electron chi connectivity index (χ0n) is 11.2. The first kappa shape index (κ1) is 13.4. The number of aromatic nitrogens is 1. The van der Waals surface area contributed by atoms with Crippen molar-refractivity contribution in [2.24, 2.45) is 0 Å². The zero-order chi connectivity index (χ0) is 14.0. The fourth-order valence-corrected chi connectivity index (χ4v) is 1.63. The number of amides is 2. The number of hydrogen-bond donors (Lipinski definition) is 3. The van der Waals surface area contributed by atoms with Crippen LogP contribution in [0.2, 0.25) is 0 Å². The van der Waals surface area contributed by atoms with Crippen molar-refractivity contribution in [2.45, 2.75) is 26.3 Å². The van der Waals surface area contributed by atoms with E-state index in [4.69, 9.17) is 9.52 Å². The van der Waals surface area contributed by atoms with Crippen LogP contribution in [0.25, 0.3) is 11.1 Å². The van der Waals surface area contributed by atoms with Crippen molar-refractivity contribution in [3.05, 3.63) is 24.1 Å². The molecule has 1 aromatic heterocycles. The second kappa shape index (κ2) is 4.89. The third-order valence-electron chi connectivity index (χ3n) is 2.60. The molecule has 0 aliphatic carbocycles. The number of nitrogens with zero attached hydrogens (tertiary/aromatic N) is 1. The van der Waals surface area contributed by atoms with Gasteiger partial charge in [-0.15, -0.1) is 0 Å². The van der Waals surface area contributed by atoms with Gasteiger partial charge in [-0.3, -0.25) is 0 Å². The number of anilines is 1. The number of carbonyl (C=O) groups is 1. The summed E-state index contributed by atoms with van der Waals surface area (Å²) in [5, 5.41) is 14.4. The Kier molecular flexibility index (Phi) is 3.44. The maximum atomic E-state index is 11.7. The van der Waals surface area contributed by atoms with Gasteiger partial charge in [0.25, 0.3) is 0 Å². The molecular weight excluding hydrogens is 246 g/mol. The van der Waals surface area contributed by atoms with E-state index in [1.54, 1.807) is 39.0 Å². The number of oxazole rings is 1. The number of aliphatic hydroxyl groups excluding tert-OH is 1. The summed E-state index contributed by atoms with van der Waals surface area (Å²) in [4.78, 5) is 15.9. The Morgan fingerprint density at radius 2 is 2.21 bits per heavy atom. The van der Waals surface area contributed by atoms with Crippen LogP contribution in [-0.2, 0) is 0 Å². The van der Waals surface area contributed by atoms with E-state index in [-0.39, 0.29) is 12.6 Å². The lowest BCUT2D eigenvalue weighted by Gasteiger charge is -2.23. The van der Waals surface area contributed by atoms with Crippen molar-refractivity contribution in [3.8, 4) is 0 Å². The summed E-state index contributed by atoms with van der Waals surface area (Å²) in [5.74, 6) is 0.581. The third kappa shape index (κ3) is 3.23. The van der Waals surface area contributed by atoms with Gasteiger partial charge in [0.05, 0.1) is 12.1 Å². The Morgan fingerprint density at radius 3 is 2.89 bits per heavy atom. The van der Waals surface area contributed by atoms with Crippen LogP contribution < -0.4 is 10.6 Å². The number of fused-ring (bicyclic) bond motifs is 1. The van der Waals surface area contributed by atoms with Crippen molar-refractivity contribution in [2.75, 3.05) is 11.9 Å². The number of hydrogen-bond acceptors (Lipinski definition) is 4. The fraction of sp³-hybridized carbons (Fsp3) is 0.385. The molecule has 0 unspecified atom stereocenters. The summed E-state index contributed by atoms with van der Waals surface area (Å²) in [6.45, 7) is 5.09. The first-order chi connectivity index (χ1) is 8.89. The molecule has 0 spiro atoms. The molecule has 0 aliphatic rings. The van der Waals surface area contributed by atoms with Gasteiger partial charge >= 0.3 is 6.03 Å². The Labute approximate surface area is 110 Å². The van der Waals surface area contributed by atoms with Crippen LogP contribution in [0.15, 0.2) is 22.6 Å². The van der Waals surface area contributed by atoms with Crippen LogP contribution in [0.5, 0.6) is 0 Å². The molecule has 2 aromatic rings. The quantitative estimate of drug-likeness (QED) is 0.790. The topological polar surface area (TPSA) is 87.4 Å². The molecule has 0 atom stereocenters. The molecule has 102 valence electrons. The predicted molar refractivity (Wildman–Crippen MR) is 72.1 cm³/mol. The number of urea groups is 1. The Morgan fingerprint density at radius 1 is 1.47 bits per heavy atom. The molecule has 0 radical (unpaired) electrons. The molecule has 0 aliphatic heterocycles. The predicted octanol–water partition coefficient (Wildman–Crippen LogP) is 2.03. The summed E-state index contributed by atoms with van der Waals surface area (Å²) in [5.41, 5.74) is 1.31. The van der Waals surface area contributed by atoms with Gasteiger partial charge in [-0.25, -0.2) is 9.78 Å². The minimum absolute atomic E-state index is 0.138. The van der Waals surface area contributed by atoms with E-state index in [1.807, 2.05) is 0 Å². The smallest absolute Gasteiger partial charge is 0.319 e. The van der Waals surface area contributed by atoms with Crippen molar-refractivity contribution >= 4 is 22.8 Å². The number of nitrogens with one attached hydrogen (secondary N) is 2. The molecule has 0 saturated carbocycles. The van der Waals surface area contributed by atoms with E-state index >= 15 is 0 Å². The molecular formula is C13H17N3O3. The van der Waals surface area contributed by atoms with Crippen LogP contribution in [-0.4, -0.2) is 28.3 Å². The third-order valence-corrected chi connectivity index (χ3v) is 2.60. The average Bonchev–Trinajstić information content (AvgIpc) is 2.67. The van der Waals surface area contributed by atoms with E-state index in [0.717, 1.165) is 5.52 Å². The van der Waals surface area contributed by atoms with Crippen LogP contribution in [0.3, 0.4) is 0 Å². The van der Waals surface area contributed by atoms with E-state index < -0.39 is 5.54 Å². The zero-order valence-corrected chi connectivity index (χ0v) is 11.2. The highest BCUT2D eigenvalue weighted by molar-refractivity contribution is 5.91. The molecule has 2 amide bonds. The molecule has 1 aromatic carbocycles. The number of rotatable bonds is 3. The van der Waals surface area contributed by atoms with Crippen LogP contribution in [0, 0.1) is 6.92 Å². The number of carbonyl (C=O) groups excluding carboxylic acids is 1. The molecule has 0 bridgehead atoms. The maximum absolute atomic E-state index is 11.7. The summed E-state index contributed by atoms with van der Waals surface area (Å²) in [6, 6.07) is 4.85. The molecule has 6 nitrogen and oxygen atoms in total. The summed E-state index contributed by atoms with van der Waals surface area (Å²) in [7, 11) is 0. The fourth-order valence-electron chi connectivity index (χ4n) is 1.63. The maximum Gasteiger partial charge on any atom is 0.319 e. The normalized spacial score (nSPS) is 11.6. The van der Waals surface area contributed by atoms with Gasteiger partial charge in [-0.2, -0.15) is 0 Å². The Hall–Kier alpha value is -2.08. The van der Waals surface area contributed by atoms with E-state index in [1.165, 1.54) is 0 Å². The Balaban J connectivity index is 2.10. The van der Waals surface area contributed by atoms with Gasteiger partial charge < -0.3 is 20.2 Å². The van der Waals surface area contributed by atoms with Gasteiger partial charge in [0, 0.05) is 18.7 Å². The lowest BCUT2D eigenvalue weighted by molar-refractivity contribution is 0.187. The van der Waals surface area contributed by atoms with Crippen LogP contribution in [0.4, 0.5) is 10.5 Å². The van der Waals surface area contributed by atoms with Gasteiger partial charge in [-0.05, 0) is 26.0 Å². The second-order valence-corrected chi connectivity index (χ2v) is 5.04. The van der Waals surface area contributed by atoms with Crippen molar-refractivity contribution in [1.82, 2.24) is 10.3 Å². The highest BCUT2D eigenvalue weighted by Crippen LogP contribution is 2.19. The number of aliphatic hydroxyl groups is 1. The number of benzene rings is 1. The van der Waals surface area contributed by atoms with Gasteiger partial charge in [0.1, 0.15) is 5.52 Å². The first-order valence-corrected chi connectivity index (χ1v) is 5.97. The van der Waals surface area contributed by atoms with Crippen molar-refractivity contribution in [1.29, 1.82) is 0 Å². The van der Waals surface area contributed by atoms with E-state index in [9.17, 15) is 4.79 Å². The summed E-state index contributed by atoms with van der Waals surface area (Å²) in [6.07, 6.45) is 0. The second-order valence-electron chi connectivity index (χ2n) is 5.04. The minimum Gasteiger partial charge on any atom is -0.441 e. The van der Waals surface area contributed by atoms with Gasteiger partial charge in [0.2, 0.25) is 0 Å². The molecule has 3 N–H and O–H groups in total. The monoisotopic (exact) mass is 263 g/mol. The van der Waals surface area contributed by atoms with Crippen molar-refractivity contribution < 1.29 is 14.3 Å². The highest BCUT2D eigenvalue weighted by atomic mass is 16.3. The molecule has 6 heteroatoms. The highest BCUT2D eigenvalue weighted by Gasteiger charge is 2.19. The van der Waals surface area contributed by atoms with E-state index in [0.29, 0.717) is 17.2 Å². The lowest BCUT2D eigenvalue weighted by Crippen LogP contribution is -2.48. The SMILES string of the molecule is Cc1nc2ccc(NC(=O)NC(C)(C)CO)cc2o1. The standard InChI is InChI=1S/C13H17N3O3/c1-8-14-10-5-4-9(6-11(10)19-8)15-12(18)16-13(2,3)7-17/h4-6,17H,7H2,1-3H3,(H2,15,16,18). The van der Waals surface area contributed by atoms with Crippen LogP contribution >= 0.6 is 0 Å². The summed E-state index contributed by atoms with van der Waals surface area (Å²) < 4.78 is 5.39. The molecule has 0 saturated heterocycles. The molecule has 2 rings (SSSR count). The largest absolute Gasteiger partial charge is 0.441 e. The first-order valence-electron chi connectivity index (χ1n) is 5.97. The van der Waals surface area contributed by atoms with Crippen molar-refractivity contribution in [3.63, 3.8) is 0 Å². The average molecular weight is 263 g/mol. The lowest BCUT2D eigenvalue weighted by atomic mass is 10.1. The summed E-state index contributed by atoms with van der Waals surface area (Å²) >= 11 is 0. The molecule has 1 heterocycles. The van der Waals surface area contributed by atoms with Gasteiger partial charge in [0.15, 0.2) is 11.5 Å². The molecule has 19 heavy (non-hydrogen) atoms. The van der Waals surface area contributed by atoms with Crippen LogP contribution in [0.1, 0.15) is 19.7 Å². The Bertz CT molecular complexity index is 604. The minimum atomic E-state index is -0.670. The van der Waals surface area contributed by atoms with Gasteiger partial charge in [-0.1, -0.05) is 0 Å². The van der Waals surface area contributed by atoms with E-state index in [2.05, 4.69) is 15.6 Å².